The SMILES string of the molecule is Fc1cc(C2CNCc3ccccc32)cc(F)c1F. The molecular weight excluding hydrogens is 251 g/mol. The van der Waals surface area contributed by atoms with Crippen LogP contribution in [0.15, 0.2) is 36.4 Å². The molecule has 0 aromatic heterocycles. The van der Waals surface area contributed by atoms with Crippen molar-refractivity contribution in [1.82, 2.24) is 5.32 Å². The lowest BCUT2D eigenvalue weighted by Crippen LogP contribution is -2.28. The highest BCUT2D eigenvalue weighted by atomic mass is 19.2. The maximum atomic E-state index is 13.3. The highest BCUT2D eigenvalue weighted by Gasteiger charge is 2.23. The van der Waals surface area contributed by atoms with E-state index in [0.29, 0.717) is 12.1 Å². The molecule has 98 valence electrons. The normalized spacial score (nSPS) is 18.2. The summed E-state index contributed by atoms with van der Waals surface area (Å²) in [5.41, 5.74) is 2.59. The minimum Gasteiger partial charge on any atom is -0.312 e. The Bertz CT molecular complexity index is 602. The van der Waals surface area contributed by atoms with Crippen LogP contribution in [-0.4, -0.2) is 6.54 Å². The molecule has 0 aliphatic carbocycles. The molecular formula is C15H12F3N. The van der Waals surface area contributed by atoms with E-state index in [4.69, 9.17) is 0 Å². The first-order valence-corrected chi connectivity index (χ1v) is 6.10. The van der Waals surface area contributed by atoms with Crippen molar-refractivity contribution in [3.8, 4) is 0 Å². The summed E-state index contributed by atoms with van der Waals surface area (Å²) in [6.45, 7) is 1.32. The van der Waals surface area contributed by atoms with Gasteiger partial charge in [-0.1, -0.05) is 24.3 Å². The smallest absolute Gasteiger partial charge is 0.194 e. The topological polar surface area (TPSA) is 12.0 Å². The molecule has 0 spiro atoms. The molecule has 1 heterocycles. The average molecular weight is 263 g/mol. The zero-order chi connectivity index (χ0) is 13.4. The summed E-state index contributed by atoms with van der Waals surface area (Å²) in [4.78, 5) is 0. The third-order valence-electron chi connectivity index (χ3n) is 3.50. The predicted molar refractivity (Wildman–Crippen MR) is 66.3 cm³/mol. The van der Waals surface area contributed by atoms with Gasteiger partial charge < -0.3 is 5.32 Å². The first kappa shape index (κ1) is 12.2. The standard InChI is InChI=1S/C15H12F3N/c16-13-5-10(6-14(17)15(13)18)12-8-19-7-9-3-1-2-4-11(9)12/h1-6,12,19H,7-8H2. The molecule has 1 aliphatic rings. The van der Waals surface area contributed by atoms with Crippen LogP contribution < -0.4 is 5.32 Å². The van der Waals surface area contributed by atoms with Crippen LogP contribution in [-0.2, 0) is 6.54 Å². The number of benzene rings is 2. The van der Waals surface area contributed by atoms with Gasteiger partial charge in [-0.15, -0.1) is 0 Å². The Morgan fingerprint density at radius 1 is 1.00 bits per heavy atom. The summed E-state index contributed by atoms with van der Waals surface area (Å²) in [7, 11) is 0. The number of hydrogen-bond donors (Lipinski definition) is 1. The van der Waals surface area contributed by atoms with Gasteiger partial charge in [0, 0.05) is 19.0 Å². The van der Waals surface area contributed by atoms with Crippen LogP contribution in [0.2, 0.25) is 0 Å². The Hall–Kier alpha value is -1.81. The van der Waals surface area contributed by atoms with Crippen LogP contribution in [0.5, 0.6) is 0 Å². The molecule has 19 heavy (non-hydrogen) atoms. The highest BCUT2D eigenvalue weighted by molar-refractivity contribution is 5.40. The van der Waals surface area contributed by atoms with Gasteiger partial charge in [-0.25, -0.2) is 13.2 Å². The van der Waals surface area contributed by atoms with Crippen molar-refractivity contribution in [2.24, 2.45) is 0 Å². The Kier molecular flexibility index (Phi) is 3.03. The van der Waals surface area contributed by atoms with Crippen molar-refractivity contribution < 1.29 is 13.2 Å². The van der Waals surface area contributed by atoms with Crippen LogP contribution in [0.4, 0.5) is 13.2 Å². The summed E-state index contributed by atoms with van der Waals surface area (Å²) in [6, 6.07) is 9.90. The highest BCUT2D eigenvalue weighted by Crippen LogP contribution is 2.31. The molecule has 0 saturated heterocycles. The van der Waals surface area contributed by atoms with Gasteiger partial charge in [-0.2, -0.15) is 0 Å². The largest absolute Gasteiger partial charge is 0.312 e. The number of fused-ring (bicyclic) bond motifs is 1. The van der Waals surface area contributed by atoms with Crippen molar-refractivity contribution in [1.29, 1.82) is 0 Å². The first-order chi connectivity index (χ1) is 9.16. The summed E-state index contributed by atoms with van der Waals surface area (Å²) in [5.74, 6) is -3.86. The molecule has 1 unspecified atom stereocenters. The van der Waals surface area contributed by atoms with Gasteiger partial charge in [-0.3, -0.25) is 0 Å². The fraction of sp³-hybridized carbons (Fsp3) is 0.200. The first-order valence-electron chi connectivity index (χ1n) is 6.10. The van der Waals surface area contributed by atoms with E-state index in [1.165, 1.54) is 0 Å². The van der Waals surface area contributed by atoms with Gasteiger partial charge in [0.15, 0.2) is 17.5 Å². The van der Waals surface area contributed by atoms with Gasteiger partial charge in [0.25, 0.3) is 0 Å². The van der Waals surface area contributed by atoms with Gasteiger partial charge >= 0.3 is 0 Å². The fourth-order valence-electron chi connectivity index (χ4n) is 2.57. The lowest BCUT2D eigenvalue weighted by molar-refractivity contribution is 0.443. The van der Waals surface area contributed by atoms with E-state index >= 15 is 0 Å². The molecule has 1 N–H and O–H groups in total. The molecule has 1 aliphatic heterocycles. The van der Waals surface area contributed by atoms with Gasteiger partial charge in [-0.05, 0) is 28.8 Å². The van der Waals surface area contributed by atoms with Crippen LogP contribution >= 0.6 is 0 Å². The lowest BCUT2D eigenvalue weighted by Gasteiger charge is -2.26. The van der Waals surface area contributed by atoms with E-state index in [2.05, 4.69) is 5.32 Å². The van der Waals surface area contributed by atoms with Crippen molar-refractivity contribution in [2.45, 2.75) is 12.5 Å². The molecule has 0 radical (unpaired) electrons. The molecule has 0 saturated carbocycles. The zero-order valence-corrected chi connectivity index (χ0v) is 10.1. The molecule has 0 amide bonds. The molecule has 0 fully saturated rings. The van der Waals surface area contributed by atoms with Crippen molar-refractivity contribution in [2.75, 3.05) is 6.54 Å². The average Bonchev–Trinajstić information content (AvgIpc) is 2.43. The summed E-state index contributed by atoms with van der Waals surface area (Å²) in [6.07, 6.45) is 0. The molecule has 4 heteroatoms. The Morgan fingerprint density at radius 3 is 2.42 bits per heavy atom. The molecule has 2 aromatic carbocycles. The maximum absolute atomic E-state index is 13.3. The quantitative estimate of drug-likeness (QED) is 0.778. The van der Waals surface area contributed by atoms with Crippen LogP contribution in [0.3, 0.4) is 0 Å². The monoisotopic (exact) mass is 263 g/mol. The molecule has 1 atom stereocenters. The third kappa shape index (κ3) is 2.12. The van der Waals surface area contributed by atoms with Gasteiger partial charge in [0.05, 0.1) is 0 Å². The predicted octanol–water partition coefficient (Wildman–Crippen LogP) is 3.34. The minimum absolute atomic E-state index is 0.158. The van der Waals surface area contributed by atoms with E-state index in [9.17, 15) is 13.2 Å². The van der Waals surface area contributed by atoms with Crippen LogP contribution in [0.25, 0.3) is 0 Å². The zero-order valence-electron chi connectivity index (χ0n) is 10.1. The summed E-state index contributed by atoms with van der Waals surface area (Å²) < 4.78 is 39.7. The van der Waals surface area contributed by atoms with E-state index in [0.717, 1.165) is 29.8 Å². The third-order valence-corrected chi connectivity index (χ3v) is 3.50. The van der Waals surface area contributed by atoms with Gasteiger partial charge in [0.2, 0.25) is 0 Å². The molecule has 2 aromatic rings. The maximum Gasteiger partial charge on any atom is 0.194 e. The summed E-state index contributed by atoms with van der Waals surface area (Å²) in [5, 5.41) is 3.20. The van der Waals surface area contributed by atoms with Crippen LogP contribution in [0, 0.1) is 17.5 Å². The lowest BCUT2D eigenvalue weighted by atomic mass is 9.85. The summed E-state index contributed by atoms with van der Waals surface area (Å²) >= 11 is 0. The minimum atomic E-state index is -1.42. The fourth-order valence-corrected chi connectivity index (χ4v) is 2.57. The number of hydrogen-bond acceptors (Lipinski definition) is 1. The number of nitrogens with one attached hydrogen (secondary N) is 1. The van der Waals surface area contributed by atoms with Crippen LogP contribution in [0.1, 0.15) is 22.6 Å². The number of rotatable bonds is 1. The second kappa shape index (κ2) is 4.70. The van der Waals surface area contributed by atoms with E-state index < -0.39 is 17.5 Å². The van der Waals surface area contributed by atoms with Gasteiger partial charge in [0.1, 0.15) is 0 Å². The van der Waals surface area contributed by atoms with Crippen molar-refractivity contribution in [3.63, 3.8) is 0 Å². The van der Waals surface area contributed by atoms with Crippen molar-refractivity contribution >= 4 is 0 Å². The van der Waals surface area contributed by atoms with E-state index in [-0.39, 0.29) is 5.92 Å². The number of halogens is 3. The molecule has 1 nitrogen and oxygen atoms in total. The van der Waals surface area contributed by atoms with Crippen molar-refractivity contribution in [3.05, 3.63) is 70.5 Å². The molecule has 3 rings (SSSR count). The Morgan fingerprint density at radius 2 is 1.68 bits per heavy atom. The van der Waals surface area contributed by atoms with E-state index in [1.807, 2.05) is 24.3 Å². The second-order valence-corrected chi connectivity index (χ2v) is 4.68. The molecule has 0 bridgehead atoms. The Labute approximate surface area is 109 Å². The Balaban J connectivity index is 2.09. The van der Waals surface area contributed by atoms with E-state index in [1.54, 1.807) is 0 Å². The second-order valence-electron chi connectivity index (χ2n) is 4.68.